The van der Waals surface area contributed by atoms with Crippen molar-refractivity contribution in [2.45, 2.75) is 6.92 Å². The first-order chi connectivity index (χ1) is 6.97. The minimum Gasteiger partial charge on any atom is -0.478 e. The molecule has 0 atom stereocenters. The van der Waals surface area contributed by atoms with Crippen molar-refractivity contribution in [2.24, 2.45) is 0 Å². The maximum atomic E-state index is 13.5. The highest BCUT2D eigenvalue weighted by Crippen LogP contribution is 2.26. The monoisotopic (exact) mass is 275 g/mol. The molecule has 0 radical (unpaired) electrons. The average molecular weight is 276 g/mol. The largest absolute Gasteiger partial charge is 0.478 e. The maximum Gasteiger partial charge on any atom is 0.336 e. The molecular weight excluding hydrogens is 265 g/mol. The fourth-order valence-corrected chi connectivity index (χ4v) is 1.66. The first-order valence-corrected chi connectivity index (χ1v) is 5.20. The van der Waals surface area contributed by atoms with E-state index in [-0.39, 0.29) is 5.56 Å². The Hall–Kier alpha value is -1.10. The van der Waals surface area contributed by atoms with Crippen LogP contribution in [0.4, 0.5) is 10.1 Å². The molecule has 0 aliphatic rings. The number of carboxylic acids is 1. The first-order valence-electron chi connectivity index (χ1n) is 4.40. The second-order valence-electron chi connectivity index (χ2n) is 3.10. The second kappa shape index (κ2) is 4.61. The standard InChI is InChI=1S/C10H11BrFNO2/c1-3-13(2)9-5-7(11)6(10(14)15)4-8(9)12/h4-5H,3H2,1-2H3,(H,14,15). The fraction of sp³-hybridized carbons (Fsp3) is 0.300. The molecule has 1 aromatic rings. The molecular formula is C10H11BrFNO2. The van der Waals surface area contributed by atoms with Crippen molar-refractivity contribution in [3.8, 4) is 0 Å². The molecule has 82 valence electrons. The van der Waals surface area contributed by atoms with E-state index < -0.39 is 11.8 Å². The van der Waals surface area contributed by atoms with E-state index in [2.05, 4.69) is 15.9 Å². The number of hydrogen-bond acceptors (Lipinski definition) is 2. The van der Waals surface area contributed by atoms with Crippen molar-refractivity contribution in [2.75, 3.05) is 18.5 Å². The molecule has 0 aromatic heterocycles. The average Bonchev–Trinajstić information content (AvgIpc) is 2.19. The number of rotatable bonds is 3. The van der Waals surface area contributed by atoms with Crippen LogP contribution in [0.1, 0.15) is 17.3 Å². The number of aromatic carboxylic acids is 1. The number of halogens is 2. The van der Waals surface area contributed by atoms with Crippen LogP contribution in [0.15, 0.2) is 16.6 Å². The summed E-state index contributed by atoms with van der Waals surface area (Å²) < 4.78 is 13.9. The lowest BCUT2D eigenvalue weighted by atomic mass is 10.2. The summed E-state index contributed by atoms with van der Waals surface area (Å²) in [7, 11) is 1.74. The van der Waals surface area contributed by atoms with Crippen molar-refractivity contribution in [3.63, 3.8) is 0 Å². The number of hydrogen-bond donors (Lipinski definition) is 1. The number of nitrogens with zero attached hydrogens (tertiary/aromatic N) is 1. The van der Waals surface area contributed by atoms with Gasteiger partial charge in [0.25, 0.3) is 0 Å². The summed E-state index contributed by atoms with van der Waals surface area (Å²) in [6.45, 7) is 2.54. The summed E-state index contributed by atoms with van der Waals surface area (Å²) in [6.07, 6.45) is 0. The van der Waals surface area contributed by atoms with E-state index in [4.69, 9.17) is 5.11 Å². The van der Waals surface area contributed by atoms with Gasteiger partial charge in [-0.05, 0) is 35.0 Å². The van der Waals surface area contributed by atoms with Crippen LogP contribution in [0.2, 0.25) is 0 Å². The minimum atomic E-state index is -1.15. The highest BCUT2D eigenvalue weighted by Gasteiger charge is 2.14. The molecule has 5 heteroatoms. The molecule has 0 fully saturated rings. The summed E-state index contributed by atoms with van der Waals surface area (Å²) in [5.41, 5.74) is 0.315. The SMILES string of the molecule is CCN(C)c1cc(Br)c(C(=O)O)cc1F. The second-order valence-corrected chi connectivity index (χ2v) is 3.96. The van der Waals surface area contributed by atoms with Gasteiger partial charge < -0.3 is 10.0 Å². The van der Waals surface area contributed by atoms with Gasteiger partial charge in [0, 0.05) is 18.1 Å². The molecule has 0 bridgehead atoms. The summed E-state index contributed by atoms with van der Waals surface area (Å²) >= 11 is 3.11. The van der Waals surface area contributed by atoms with Gasteiger partial charge in [-0.15, -0.1) is 0 Å². The Bertz CT molecular complexity index is 395. The Morgan fingerprint density at radius 1 is 1.60 bits per heavy atom. The van der Waals surface area contributed by atoms with E-state index >= 15 is 0 Å². The van der Waals surface area contributed by atoms with E-state index in [9.17, 15) is 9.18 Å². The zero-order valence-electron chi connectivity index (χ0n) is 8.42. The lowest BCUT2D eigenvalue weighted by molar-refractivity contribution is 0.0695. The van der Waals surface area contributed by atoms with Gasteiger partial charge in [-0.3, -0.25) is 0 Å². The van der Waals surface area contributed by atoms with Gasteiger partial charge in [0.2, 0.25) is 0 Å². The number of anilines is 1. The Balaban J connectivity index is 3.25. The van der Waals surface area contributed by atoms with E-state index in [1.54, 1.807) is 11.9 Å². The molecule has 0 unspecified atom stereocenters. The van der Waals surface area contributed by atoms with Crippen LogP contribution >= 0.6 is 15.9 Å². The van der Waals surface area contributed by atoms with Gasteiger partial charge in [-0.25, -0.2) is 9.18 Å². The van der Waals surface area contributed by atoms with Crippen LogP contribution in [-0.4, -0.2) is 24.7 Å². The van der Waals surface area contributed by atoms with Crippen molar-refractivity contribution in [1.82, 2.24) is 0 Å². The van der Waals surface area contributed by atoms with Crippen LogP contribution in [-0.2, 0) is 0 Å². The van der Waals surface area contributed by atoms with Gasteiger partial charge in [0.15, 0.2) is 0 Å². The van der Waals surface area contributed by atoms with E-state index in [1.807, 2.05) is 6.92 Å². The molecule has 0 aliphatic carbocycles. The topological polar surface area (TPSA) is 40.5 Å². The van der Waals surface area contributed by atoms with Crippen molar-refractivity contribution < 1.29 is 14.3 Å². The third kappa shape index (κ3) is 2.47. The smallest absolute Gasteiger partial charge is 0.336 e. The number of carboxylic acid groups (broad SMARTS) is 1. The summed E-state index contributed by atoms with van der Waals surface area (Å²) in [6, 6.07) is 2.50. The molecule has 0 heterocycles. The lowest BCUT2D eigenvalue weighted by Crippen LogP contribution is -2.17. The van der Waals surface area contributed by atoms with Crippen LogP contribution in [0.5, 0.6) is 0 Å². The molecule has 1 aromatic carbocycles. The van der Waals surface area contributed by atoms with Gasteiger partial charge in [0.05, 0.1) is 11.3 Å². The Labute approximate surface area is 95.6 Å². The molecule has 0 aliphatic heterocycles. The third-order valence-corrected chi connectivity index (χ3v) is 2.81. The zero-order chi connectivity index (χ0) is 11.6. The Morgan fingerprint density at radius 3 is 2.67 bits per heavy atom. The lowest BCUT2D eigenvalue weighted by Gasteiger charge is -2.18. The van der Waals surface area contributed by atoms with E-state index in [0.717, 1.165) is 6.07 Å². The fourth-order valence-electron chi connectivity index (χ4n) is 1.16. The van der Waals surface area contributed by atoms with E-state index in [0.29, 0.717) is 16.7 Å². The maximum absolute atomic E-state index is 13.5. The number of carbonyl (C=O) groups is 1. The van der Waals surface area contributed by atoms with E-state index in [1.165, 1.54) is 6.07 Å². The summed E-state index contributed by atoms with van der Waals surface area (Å²) in [5, 5.41) is 8.77. The molecule has 3 nitrogen and oxygen atoms in total. The zero-order valence-corrected chi connectivity index (χ0v) is 10.0. The van der Waals surface area contributed by atoms with Crippen LogP contribution in [0.3, 0.4) is 0 Å². The predicted molar refractivity (Wildman–Crippen MR) is 60.0 cm³/mol. The quantitative estimate of drug-likeness (QED) is 0.922. The van der Waals surface area contributed by atoms with Gasteiger partial charge >= 0.3 is 5.97 Å². The molecule has 0 saturated heterocycles. The molecule has 0 saturated carbocycles. The molecule has 1 rings (SSSR count). The van der Waals surface area contributed by atoms with Crippen LogP contribution in [0, 0.1) is 5.82 Å². The highest BCUT2D eigenvalue weighted by molar-refractivity contribution is 9.10. The third-order valence-electron chi connectivity index (χ3n) is 2.15. The van der Waals surface area contributed by atoms with Gasteiger partial charge in [0.1, 0.15) is 5.82 Å². The van der Waals surface area contributed by atoms with Crippen molar-refractivity contribution >= 4 is 27.6 Å². The van der Waals surface area contributed by atoms with Crippen LogP contribution in [0.25, 0.3) is 0 Å². The van der Waals surface area contributed by atoms with Crippen molar-refractivity contribution in [3.05, 3.63) is 28.0 Å². The molecule has 0 amide bonds. The first kappa shape index (κ1) is 12.0. The summed E-state index contributed by atoms with van der Waals surface area (Å²) in [5.74, 6) is -1.67. The Kier molecular flexibility index (Phi) is 3.68. The van der Waals surface area contributed by atoms with Crippen molar-refractivity contribution in [1.29, 1.82) is 0 Å². The molecule has 15 heavy (non-hydrogen) atoms. The van der Waals surface area contributed by atoms with Crippen LogP contribution < -0.4 is 4.90 Å². The molecule has 1 N–H and O–H groups in total. The van der Waals surface area contributed by atoms with Gasteiger partial charge in [-0.1, -0.05) is 0 Å². The highest BCUT2D eigenvalue weighted by atomic mass is 79.9. The van der Waals surface area contributed by atoms with Gasteiger partial charge in [-0.2, -0.15) is 0 Å². The number of benzene rings is 1. The minimum absolute atomic E-state index is 0.0687. The molecule has 0 spiro atoms. The summed E-state index contributed by atoms with van der Waals surface area (Å²) in [4.78, 5) is 12.4. The Morgan fingerprint density at radius 2 is 2.20 bits per heavy atom. The predicted octanol–water partition coefficient (Wildman–Crippen LogP) is 2.74. The normalized spacial score (nSPS) is 10.1.